The quantitative estimate of drug-likeness (QED) is 0.555. The Balaban J connectivity index is 2.42. The maximum atomic E-state index is 6.16. The second-order valence-electron chi connectivity index (χ2n) is 5.11. The fraction of sp³-hybridized carbons (Fsp3) is 0.200. The van der Waals surface area contributed by atoms with Crippen molar-refractivity contribution in [2.24, 2.45) is 0 Å². The van der Waals surface area contributed by atoms with Gasteiger partial charge < -0.3 is 4.74 Å². The largest absolute Gasteiger partial charge is 0.354 e. The van der Waals surface area contributed by atoms with Crippen molar-refractivity contribution in [2.45, 2.75) is 18.9 Å². The van der Waals surface area contributed by atoms with E-state index < -0.39 is 5.60 Å². The topological polar surface area (TPSA) is 9.23 Å². The smallest absolute Gasteiger partial charge is 0.179 e. The van der Waals surface area contributed by atoms with Crippen LogP contribution in [0.15, 0.2) is 72.8 Å². The predicted octanol–water partition coefficient (Wildman–Crippen LogP) is 4.55. The van der Waals surface area contributed by atoms with E-state index in [1.54, 1.807) is 0 Å². The molecule has 21 heavy (non-hydrogen) atoms. The van der Waals surface area contributed by atoms with Gasteiger partial charge in [-0.1, -0.05) is 72.2 Å². The molecule has 1 heteroatoms. The molecule has 0 heterocycles. The van der Waals surface area contributed by atoms with E-state index in [1.165, 1.54) is 0 Å². The van der Waals surface area contributed by atoms with Crippen LogP contribution in [0.3, 0.4) is 0 Å². The Bertz CT molecular complexity index is 580. The molecule has 0 saturated carbocycles. The fourth-order valence-electron chi connectivity index (χ4n) is 2.27. The standard InChI is InChI=1S/C20H20O/c1-4-20(21-16-15-17(2)3,18-11-7-5-8-12-18)19-13-9-6-10-14-19/h1,5-14H,2,15-16H2,3H3. The SMILES string of the molecule is C#CC(OCCC(=C)C)(c1ccccc1)c1ccccc1. The summed E-state index contributed by atoms with van der Waals surface area (Å²) in [4.78, 5) is 0. The van der Waals surface area contributed by atoms with Gasteiger partial charge in [0.2, 0.25) is 0 Å². The van der Waals surface area contributed by atoms with E-state index in [9.17, 15) is 0 Å². The molecule has 0 saturated heterocycles. The van der Waals surface area contributed by atoms with Gasteiger partial charge in [0.1, 0.15) is 0 Å². The molecule has 2 aromatic rings. The van der Waals surface area contributed by atoms with Gasteiger partial charge in [-0.25, -0.2) is 0 Å². The lowest BCUT2D eigenvalue weighted by molar-refractivity contribution is 0.0285. The third kappa shape index (κ3) is 3.42. The summed E-state index contributed by atoms with van der Waals surface area (Å²) in [5.74, 6) is 2.87. The molecule has 0 unspecified atom stereocenters. The van der Waals surface area contributed by atoms with Gasteiger partial charge in [0, 0.05) is 11.1 Å². The molecule has 0 spiro atoms. The molecule has 0 aliphatic carbocycles. The molecule has 0 aliphatic heterocycles. The summed E-state index contributed by atoms with van der Waals surface area (Å²) in [6.45, 7) is 6.45. The molecule has 0 fully saturated rings. The first-order valence-corrected chi connectivity index (χ1v) is 7.06. The van der Waals surface area contributed by atoms with Crippen molar-refractivity contribution < 1.29 is 4.74 Å². The summed E-state index contributed by atoms with van der Waals surface area (Å²) in [7, 11) is 0. The van der Waals surface area contributed by atoms with Crippen molar-refractivity contribution in [3.05, 3.63) is 83.9 Å². The predicted molar refractivity (Wildman–Crippen MR) is 87.9 cm³/mol. The summed E-state index contributed by atoms with van der Waals surface area (Å²) in [6, 6.07) is 19.9. The Labute approximate surface area is 127 Å². The third-order valence-corrected chi connectivity index (χ3v) is 3.41. The Morgan fingerprint density at radius 1 is 1.05 bits per heavy atom. The first kappa shape index (κ1) is 15.1. The van der Waals surface area contributed by atoms with Crippen LogP contribution in [0.4, 0.5) is 0 Å². The van der Waals surface area contributed by atoms with Crippen molar-refractivity contribution in [2.75, 3.05) is 6.61 Å². The minimum Gasteiger partial charge on any atom is -0.354 e. The van der Waals surface area contributed by atoms with Gasteiger partial charge in [0.05, 0.1) is 6.61 Å². The molecule has 0 radical (unpaired) electrons. The molecule has 2 rings (SSSR count). The molecule has 0 amide bonds. The first-order chi connectivity index (χ1) is 10.2. The van der Waals surface area contributed by atoms with Crippen LogP contribution in [0.2, 0.25) is 0 Å². The molecule has 106 valence electrons. The normalized spacial score (nSPS) is 10.9. The fourth-order valence-corrected chi connectivity index (χ4v) is 2.27. The van der Waals surface area contributed by atoms with Crippen LogP contribution in [-0.4, -0.2) is 6.61 Å². The summed E-state index contributed by atoms with van der Waals surface area (Å²) in [5, 5.41) is 0. The molecule has 0 N–H and O–H groups in total. The van der Waals surface area contributed by atoms with Crippen LogP contribution in [0, 0.1) is 12.3 Å². The Morgan fingerprint density at radius 3 is 1.90 bits per heavy atom. The van der Waals surface area contributed by atoms with Gasteiger partial charge in [-0.15, -0.1) is 13.0 Å². The van der Waals surface area contributed by atoms with Crippen LogP contribution < -0.4 is 0 Å². The van der Waals surface area contributed by atoms with Crippen molar-refractivity contribution >= 4 is 0 Å². The Kier molecular flexibility index (Phi) is 4.98. The van der Waals surface area contributed by atoms with Gasteiger partial charge >= 0.3 is 0 Å². The van der Waals surface area contributed by atoms with Gasteiger partial charge in [-0.2, -0.15) is 0 Å². The van der Waals surface area contributed by atoms with Gasteiger partial charge in [0.25, 0.3) is 0 Å². The highest BCUT2D eigenvalue weighted by Gasteiger charge is 2.32. The first-order valence-electron chi connectivity index (χ1n) is 7.06. The van der Waals surface area contributed by atoms with E-state index in [0.29, 0.717) is 6.61 Å². The van der Waals surface area contributed by atoms with Crippen molar-refractivity contribution in [3.8, 4) is 12.3 Å². The van der Waals surface area contributed by atoms with Crippen LogP contribution in [-0.2, 0) is 10.3 Å². The number of benzene rings is 2. The number of rotatable bonds is 6. The highest BCUT2D eigenvalue weighted by atomic mass is 16.5. The van der Waals surface area contributed by atoms with Crippen LogP contribution in [0.1, 0.15) is 24.5 Å². The average Bonchev–Trinajstić information content (AvgIpc) is 2.53. The molecule has 0 aliphatic rings. The average molecular weight is 276 g/mol. The molecule has 0 bridgehead atoms. The summed E-state index contributed by atoms with van der Waals surface area (Å²) >= 11 is 0. The minimum atomic E-state index is -0.849. The van der Waals surface area contributed by atoms with Crippen molar-refractivity contribution in [3.63, 3.8) is 0 Å². The van der Waals surface area contributed by atoms with E-state index in [1.807, 2.05) is 67.6 Å². The van der Waals surface area contributed by atoms with Gasteiger partial charge in [-0.3, -0.25) is 0 Å². The van der Waals surface area contributed by atoms with Crippen LogP contribution in [0.5, 0.6) is 0 Å². The van der Waals surface area contributed by atoms with E-state index in [0.717, 1.165) is 23.1 Å². The number of terminal acetylenes is 1. The molecular weight excluding hydrogens is 256 g/mol. The van der Waals surface area contributed by atoms with Gasteiger partial charge in [-0.05, 0) is 13.3 Å². The summed E-state index contributed by atoms with van der Waals surface area (Å²) in [6.07, 6.45) is 6.69. The second kappa shape index (κ2) is 6.92. The van der Waals surface area contributed by atoms with E-state index in [4.69, 9.17) is 11.2 Å². The van der Waals surface area contributed by atoms with Crippen LogP contribution >= 0.6 is 0 Å². The monoisotopic (exact) mass is 276 g/mol. The van der Waals surface area contributed by atoms with Crippen molar-refractivity contribution in [1.82, 2.24) is 0 Å². The molecule has 2 aromatic carbocycles. The van der Waals surface area contributed by atoms with Gasteiger partial charge in [0.15, 0.2) is 5.60 Å². The van der Waals surface area contributed by atoms with Crippen molar-refractivity contribution in [1.29, 1.82) is 0 Å². The Morgan fingerprint density at radius 2 is 1.52 bits per heavy atom. The maximum Gasteiger partial charge on any atom is 0.179 e. The zero-order chi connectivity index (χ0) is 15.1. The highest BCUT2D eigenvalue weighted by Crippen LogP contribution is 2.33. The maximum absolute atomic E-state index is 6.16. The number of hydrogen-bond donors (Lipinski definition) is 0. The lowest BCUT2D eigenvalue weighted by Crippen LogP contribution is -2.30. The third-order valence-electron chi connectivity index (χ3n) is 3.41. The lowest BCUT2D eigenvalue weighted by atomic mass is 9.86. The summed E-state index contributed by atoms with van der Waals surface area (Å²) < 4.78 is 6.16. The highest BCUT2D eigenvalue weighted by molar-refractivity contribution is 5.44. The van der Waals surface area contributed by atoms with E-state index in [-0.39, 0.29) is 0 Å². The Hall–Kier alpha value is -2.30. The zero-order valence-corrected chi connectivity index (χ0v) is 12.4. The number of ether oxygens (including phenoxy) is 1. The lowest BCUT2D eigenvalue weighted by Gasteiger charge is -2.30. The second-order valence-corrected chi connectivity index (χ2v) is 5.11. The molecule has 1 nitrogen and oxygen atoms in total. The summed E-state index contributed by atoms with van der Waals surface area (Å²) in [5.41, 5.74) is 2.18. The molecule has 0 aromatic heterocycles. The molecule has 0 atom stereocenters. The van der Waals surface area contributed by atoms with E-state index in [2.05, 4.69) is 12.5 Å². The van der Waals surface area contributed by atoms with Crippen LogP contribution in [0.25, 0.3) is 0 Å². The van der Waals surface area contributed by atoms with E-state index >= 15 is 0 Å². The molecular formula is C20H20O. The zero-order valence-electron chi connectivity index (χ0n) is 12.4. The number of hydrogen-bond acceptors (Lipinski definition) is 1. The minimum absolute atomic E-state index is 0.545.